The van der Waals surface area contributed by atoms with Gasteiger partial charge in [0.25, 0.3) is 0 Å². The molecule has 1 saturated carbocycles. The first-order chi connectivity index (χ1) is 11.7. The molecule has 132 valence electrons. The van der Waals surface area contributed by atoms with E-state index in [0.29, 0.717) is 18.7 Å². The summed E-state index contributed by atoms with van der Waals surface area (Å²) in [4.78, 5) is 24.8. The maximum atomic E-state index is 12.5. The summed E-state index contributed by atoms with van der Waals surface area (Å²) < 4.78 is 5.54. The Balaban J connectivity index is 1.87. The summed E-state index contributed by atoms with van der Waals surface area (Å²) in [6.45, 7) is 0.570. The van der Waals surface area contributed by atoms with Crippen LogP contribution in [0.25, 0.3) is 0 Å². The molecule has 0 spiro atoms. The second-order valence-electron chi connectivity index (χ2n) is 6.40. The van der Waals surface area contributed by atoms with Crippen molar-refractivity contribution >= 4 is 11.7 Å². The van der Waals surface area contributed by atoms with Gasteiger partial charge in [-0.3, -0.25) is 9.59 Å². The Morgan fingerprint density at radius 3 is 2.54 bits per heavy atom. The second kappa shape index (κ2) is 10.1. The third kappa shape index (κ3) is 5.96. The van der Waals surface area contributed by atoms with Crippen molar-refractivity contribution in [3.63, 3.8) is 0 Å². The minimum atomic E-state index is -0.478. The molecule has 0 unspecified atom stereocenters. The first-order valence-corrected chi connectivity index (χ1v) is 8.91. The van der Waals surface area contributed by atoms with Crippen LogP contribution in [-0.2, 0) is 9.59 Å². The van der Waals surface area contributed by atoms with Gasteiger partial charge in [-0.05, 0) is 50.8 Å². The Morgan fingerprint density at radius 1 is 1.17 bits per heavy atom. The van der Waals surface area contributed by atoms with Crippen LogP contribution in [0.3, 0.4) is 0 Å². The highest BCUT2D eigenvalue weighted by Gasteiger charge is 2.27. The number of unbranched alkanes of at least 4 members (excludes halogenated alkanes) is 1. The SMILES string of the molecule is NCCCC[C@H](NC(=O)C1CCCC1)C(=O)COc1ccccc1. The molecule has 24 heavy (non-hydrogen) atoms. The van der Waals surface area contributed by atoms with Gasteiger partial charge in [0.1, 0.15) is 12.4 Å². The van der Waals surface area contributed by atoms with Gasteiger partial charge in [0.05, 0.1) is 6.04 Å². The summed E-state index contributed by atoms with van der Waals surface area (Å²) in [5.74, 6) is 0.652. The zero-order chi connectivity index (χ0) is 17.2. The number of benzene rings is 1. The molecule has 1 aliphatic rings. The van der Waals surface area contributed by atoms with Gasteiger partial charge >= 0.3 is 0 Å². The molecule has 2 rings (SSSR count). The van der Waals surface area contributed by atoms with Crippen molar-refractivity contribution in [1.82, 2.24) is 5.32 Å². The molecular weight excluding hydrogens is 304 g/mol. The molecule has 1 aromatic rings. The van der Waals surface area contributed by atoms with E-state index in [4.69, 9.17) is 10.5 Å². The average molecular weight is 332 g/mol. The number of carbonyl (C=O) groups excluding carboxylic acids is 2. The van der Waals surface area contributed by atoms with Crippen LogP contribution in [0.2, 0.25) is 0 Å². The zero-order valence-corrected chi connectivity index (χ0v) is 14.2. The molecule has 0 heterocycles. The molecule has 0 radical (unpaired) electrons. The highest BCUT2D eigenvalue weighted by atomic mass is 16.5. The lowest BCUT2D eigenvalue weighted by molar-refractivity contribution is -0.131. The fraction of sp³-hybridized carbons (Fsp3) is 0.579. The molecule has 0 aliphatic heterocycles. The number of ether oxygens (including phenoxy) is 1. The van der Waals surface area contributed by atoms with E-state index in [0.717, 1.165) is 38.5 Å². The topological polar surface area (TPSA) is 81.4 Å². The largest absolute Gasteiger partial charge is 0.486 e. The molecule has 0 aromatic heterocycles. The number of hydrogen-bond acceptors (Lipinski definition) is 4. The van der Waals surface area contributed by atoms with Gasteiger partial charge in [-0.25, -0.2) is 0 Å². The molecule has 0 saturated heterocycles. The monoisotopic (exact) mass is 332 g/mol. The standard InChI is InChI=1S/C19H28N2O3/c20-13-7-6-12-17(21-19(23)15-8-4-5-9-15)18(22)14-24-16-10-2-1-3-11-16/h1-3,10-11,15,17H,4-9,12-14,20H2,(H,21,23)/t17-/m0/s1. The van der Waals surface area contributed by atoms with E-state index >= 15 is 0 Å². The van der Waals surface area contributed by atoms with E-state index < -0.39 is 6.04 Å². The predicted octanol–water partition coefficient (Wildman–Crippen LogP) is 2.44. The van der Waals surface area contributed by atoms with E-state index in [1.807, 2.05) is 30.3 Å². The molecule has 5 nitrogen and oxygen atoms in total. The first kappa shape index (κ1) is 18.5. The van der Waals surface area contributed by atoms with Crippen molar-refractivity contribution in [3.8, 4) is 5.75 Å². The van der Waals surface area contributed by atoms with E-state index in [1.165, 1.54) is 0 Å². The predicted molar refractivity (Wildman–Crippen MR) is 93.7 cm³/mol. The number of amides is 1. The van der Waals surface area contributed by atoms with Crippen molar-refractivity contribution in [1.29, 1.82) is 0 Å². The van der Waals surface area contributed by atoms with Crippen LogP contribution < -0.4 is 15.8 Å². The summed E-state index contributed by atoms with van der Waals surface area (Å²) in [6, 6.07) is 8.77. The number of ketones is 1. The number of hydrogen-bond donors (Lipinski definition) is 2. The number of nitrogens with two attached hydrogens (primary N) is 1. The van der Waals surface area contributed by atoms with Crippen LogP contribution in [0.4, 0.5) is 0 Å². The van der Waals surface area contributed by atoms with E-state index in [2.05, 4.69) is 5.32 Å². The van der Waals surface area contributed by atoms with Gasteiger partial charge < -0.3 is 15.8 Å². The Bertz CT molecular complexity index is 513. The van der Waals surface area contributed by atoms with E-state index in [1.54, 1.807) is 0 Å². The normalized spacial score (nSPS) is 15.9. The lowest BCUT2D eigenvalue weighted by Crippen LogP contribution is -2.45. The molecule has 1 fully saturated rings. The van der Waals surface area contributed by atoms with Crippen LogP contribution in [-0.4, -0.2) is 30.9 Å². The Kier molecular flexibility index (Phi) is 7.75. The number of rotatable bonds is 10. The molecule has 0 bridgehead atoms. The van der Waals surface area contributed by atoms with Crippen molar-refractivity contribution in [2.75, 3.05) is 13.2 Å². The molecule has 1 amide bonds. The summed E-state index contributed by atoms with van der Waals surface area (Å²) >= 11 is 0. The maximum absolute atomic E-state index is 12.5. The molecule has 1 atom stereocenters. The van der Waals surface area contributed by atoms with Crippen molar-refractivity contribution < 1.29 is 14.3 Å². The van der Waals surface area contributed by atoms with Gasteiger partial charge in [0.15, 0.2) is 5.78 Å². The van der Waals surface area contributed by atoms with Gasteiger partial charge in [-0.15, -0.1) is 0 Å². The van der Waals surface area contributed by atoms with Crippen LogP contribution in [0.5, 0.6) is 5.75 Å². The van der Waals surface area contributed by atoms with Crippen molar-refractivity contribution in [2.24, 2.45) is 11.7 Å². The lowest BCUT2D eigenvalue weighted by Gasteiger charge is -2.20. The summed E-state index contributed by atoms with van der Waals surface area (Å²) in [5.41, 5.74) is 5.53. The molecule has 1 aromatic carbocycles. The molecule has 3 N–H and O–H groups in total. The quantitative estimate of drug-likeness (QED) is 0.645. The van der Waals surface area contributed by atoms with Crippen LogP contribution in [0.1, 0.15) is 44.9 Å². The Labute approximate surface area is 143 Å². The highest BCUT2D eigenvalue weighted by molar-refractivity contribution is 5.90. The first-order valence-electron chi connectivity index (χ1n) is 8.91. The van der Waals surface area contributed by atoms with Gasteiger partial charge in [0, 0.05) is 5.92 Å². The van der Waals surface area contributed by atoms with E-state index in [-0.39, 0.29) is 24.2 Å². The molecule has 5 heteroatoms. The highest BCUT2D eigenvalue weighted by Crippen LogP contribution is 2.25. The average Bonchev–Trinajstić information content (AvgIpc) is 3.14. The number of Topliss-reactive ketones (excluding diaryl/α,β-unsaturated/α-hetero) is 1. The lowest BCUT2D eigenvalue weighted by atomic mass is 10.0. The maximum Gasteiger partial charge on any atom is 0.223 e. The zero-order valence-electron chi connectivity index (χ0n) is 14.2. The summed E-state index contributed by atoms with van der Waals surface area (Å²) in [5, 5.41) is 2.94. The third-order valence-electron chi connectivity index (χ3n) is 4.50. The fourth-order valence-electron chi connectivity index (χ4n) is 3.06. The number of carbonyl (C=O) groups is 2. The van der Waals surface area contributed by atoms with Gasteiger partial charge in [-0.2, -0.15) is 0 Å². The van der Waals surface area contributed by atoms with Gasteiger partial charge in [-0.1, -0.05) is 31.0 Å². The minimum absolute atomic E-state index is 0.0123. The molecular formula is C19H28N2O3. The fourth-order valence-corrected chi connectivity index (χ4v) is 3.06. The molecule has 1 aliphatic carbocycles. The van der Waals surface area contributed by atoms with Crippen molar-refractivity contribution in [2.45, 2.75) is 51.0 Å². The second-order valence-corrected chi connectivity index (χ2v) is 6.40. The Morgan fingerprint density at radius 2 is 1.88 bits per heavy atom. The summed E-state index contributed by atoms with van der Waals surface area (Å²) in [7, 11) is 0. The van der Waals surface area contributed by atoms with Gasteiger partial charge in [0.2, 0.25) is 5.91 Å². The van der Waals surface area contributed by atoms with Crippen LogP contribution in [0, 0.1) is 5.92 Å². The smallest absolute Gasteiger partial charge is 0.223 e. The van der Waals surface area contributed by atoms with Crippen LogP contribution >= 0.6 is 0 Å². The summed E-state index contributed by atoms with van der Waals surface area (Å²) in [6.07, 6.45) is 6.34. The minimum Gasteiger partial charge on any atom is -0.486 e. The van der Waals surface area contributed by atoms with Crippen LogP contribution in [0.15, 0.2) is 30.3 Å². The number of nitrogens with one attached hydrogen (secondary N) is 1. The van der Waals surface area contributed by atoms with Crippen molar-refractivity contribution in [3.05, 3.63) is 30.3 Å². The van der Waals surface area contributed by atoms with E-state index in [9.17, 15) is 9.59 Å². The number of para-hydroxylation sites is 1. The third-order valence-corrected chi connectivity index (χ3v) is 4.50. The Hall–Kier alpha value is -1.88.